The van der Waals surface area contributed by atoms with Crippen molar-refractivity contribution in [1.29, 1.82) is 0 Å². The van der Waals surface area contributed by atoms with Crippen molar-refractivity contribution in [2.45, 2.75) is 31.3 Å². The molecule has 136 valence electrons. The second-order valence-electron chi connectivity index (χ2n) is 6.70. The van der Waals surface area contributed by atoms with Crippen LogP contribution in [-0.4, -0.2) is 41.4 Å². The lowest BCUT2D eigenvalue weighted by atomic mass is 9.97. The Morgan fingerprint density at radius 1 is 1.08 bits per heavy atom. The maximum atomic E-state index is 12.9. The third kappa shape index (κ3) is 3.64. The van der Waals surface area contributed by atoms with E-state index in [0.717, 1.165) is 16.8 Å². The van der Waals surface area contributed by atoms with Gasteiger partial charge in [0, 0.05) is 42.1 Å². The molecule has 0 radical (unpaired) electrons. The minimum atomic E-state index is -4.19. The van der Waals surface area contributed by atoms with Crippen molar-refractivity contribution in [3.63, 3.8) is 0 Å². The number of aryl methyl sites for hydroxylation is 1. The first-order valence-corrected chi connectivity index (χ1v) is 8.69. The van der Waals surface area contributed by atoms with Crippen LogP contribution in [0.3, 0.4) is 0 Å². The number of rotatable bonds is 1. The van der Waals surface area contributed by atoms with Gasteiger partial charge in [-0.05, 0) is 24.6 Å². The highest BCUT2D eigenvalue weighted by Gasteiger charge is 2.42. The molecule has 0 N–H and O–H groups in total. The molecule has 2 aromatic rings. The zero-order chi connectivity index (χ0) is 18.1. The van der Waals surface area contributed by atoms with Crippen LogP contribution in [0, 0.1) is 11.8 Å². The maximum Gasteiger partial charge on any atom is 0.401 e. The molecule has 0 bridgehead atoms. The largest absolute Gasteiger partial charge is 0.401 e. The average molecular weight is 360 g/mol. The number of hydrogen-bond donors (Lipinski definition) is 0. The molecule has 0 aliphatic carbocycles. The summed E-state index contributed by atoms with van der Waals surface area (Å²) in [5.41, 5.74) is 2.71. The predicted octanol–water partition coefficient (Wildman–Crippen LogP) is 3.60. The fourth-order valence-corrected chi connectivity index (χ4v) is 3.78. The number of benzene rings is 1. The normalized spacial score (nSPS) is 22.9. The van der Waals surface area contributed by atoms with Gasteiger partial charge in [-0.25, -0.2) is 0 Å². The van der Waals surface area contributed by atoms with Gasteiger partial charge in [-0.1, -0.05) is 30.0 Å². The molecule has 1 aromatic heterocycles. The molecular weight excluding hydrogens is 341 g/mol. The van der Waals surface area contributed by atoms with Crippen LogP contribution < -0.4 is 0 Å². The average Bonchev–Trinajstić information content (AvgIpc) is 3.03. The van der Waals surface area contributed by atoms with Gasteiger partial charge in [0.1, 0.15) is 6.10 Å². The summed E-state index contributed by atoms with van der Waals surface area (Å²) in [5, 5.41) is 0. The third-order valence-corrected chi connectivity index (χ3v) is 4.89. The third-order valence-electron chi connectivity index (χ3n) is 4.89. The van der Waals surface area contributed by atoms with E-state index in [2.05, 4.69) is 16.4 Å². The first kappa shape index (κ1) is 17.2. The predicted molar refractivity (Wildman–Crippen MR) is 91.6 cm³/mol. The van der Waals surface area contributed by atoms with Gasteiger partial charge in [0.05, 0.1) is 13.2 Å². The monoisotopic (exact) mass is 360 g/mol. The number of morpholine rings is 1. The molecule has 0 spiro atoms. The fraction of sp³-hybridized carbons (Fsp3) is 0.400. The first-order valence-electron chi connectivity index (χ1n) is 8.69. The molecule has 1 fully saturated rings. The van der Waals surface area contributed by atoms with Crippen molar-refractivity contribution in [1.82, 2.24) is 9.47 Å². The molecular formula is C20H19F3N2O. The zero-order valence-electron chi connectivity index (χ0n) is 14.2. The number of hydrogen-bond acceptors (Lipinski definition) is 2. The lowest BCUT2D eigenvalue weighted by Crippen LogP contribution is -2.52. The summed E-state index contributed by atoms with van der Waals surface area (Å²) >= 11 is 0. The van der Waals surface area contributed by atoms with Crippen LogP contribution in [0.5, 0.6) is 0 Å². The Balaban J connectivity index is 1.56. The standard InChI is InChI=1S/C20H19F3N2O/c21-20(22,23)14-25-10-11-26-19-17(25)8-9-24-13-16(12-18(19)24)7-6-15-4-2-1-3-5-15/h1-5,12-13,17,19H,8-11,14H2/t17-,19-/m1/s1. The van der Waals surface area contributed by atoms with Gasteiger partial charge in [-0.15, -0.1) is 0 Å². The van der Waals surface area contributed by atoms with Crippen LogP contribution in [0.15, 0.2) is 42.6 Å². The number of nitrogens with zero attached hydrogens (tertiary/aromatic N) is 2. The number of alkyl halides is 3. The summed E-state index contributed by atoms with van der Waals surface area (Å²) in [6.07, 6.45) is -1.90. The highest BCUT2D eigenvalue weighted by Crippen LogP contribution is 2.37. The smallest absolute Gasteiger partial charge is 0.369 e. The molecule has 0 amide bonds. The number of halogens is 3. The molecule has 0 saturated carbocycles. The van der Waals surface area contributed by atoms with Crippen LogP contribution in [-0.2, 0) is 11.3 Å². The Morgan fingerprint density at radius 2 is 1.85 bits per heavy atom. The van der Waals surface area contributed by atoms with Crippen LogP contribution >= 0.6 is 0 Å². The number of fused-ring (bicyclic) bond motifs is 3. The molecule has 3 nitrogen and oxygen atoms in total. The topological polar surface area (TPSA) is 17.4 Å². The van der Waals surface area contributed by atoms with Crippen LogP contribution in [0.2, 0.25) is 0 Å². The van der Waals surface area contributed by atoms with Crippen LogP contribution in [0.1, 0.15) is 29.3 Å². The lowest BCUT2D eigenvalue weighted by Gasteiger charge is -2.44. The first-order chi connectivity index (χ1) is 12.5. The van der Waals surface area contributed by atoms with Crippen molar-refractivity contribution in [2.24, 2.45) is 0 Å². The summed E-state index contributed by atoms with van der Waals surface area (Å²) in [7, 11) is 0. The molecule has 1 saturated heterocycles. The molecule has 26 heavy (non-hydrogen) atoms. The second kappa shape index (κ2) is 6.82. The minimum Gasteiger partial charge on any atom is -0.369 e. The Kier molecular flexibility index (Phi) is 4.51. The van der Waals surface area contributed by atoms with E-state index < -0.39 is 12.7 Å². The van der Waals surface area contributed by atoms with Crippen molar-refractivity contribution >= 4 is 0 Å². The van der Waals surface area contributed by atoms with Crippen molar-refractivity contribution in [3.05, 3.63) is 59.4 Å². The molecule has 2 aliphatic heterocycles. The Bertz CT molecular complexity index is 832. The van der Waals surface area contributed by atoms with E-state index in [1.807, 2.05) is 42.6 Å². The Labute approximate surface area is 150 Å². The van der Waals surface area contributed by atoms with Gasteiger partial charge in [0.25, 0.3) is 0 Å². The molecule has 2 atom stereocenters. The van der Waals surface area contributed by atoms with E-state index >= 15 is 0 Å². The molecule has 4 rings (SSSR count). The SMILES string of the molecule is FC(F)(F)CN1CCO[C@H]2c3cc(C#Cc4ccccc4)cn3CC[C@H]21. The highest BCUT2D eigenvalue weighted by atomic mass is 19.4. The summed E-state index contributed by atoms with van der Waals surface area (Å²) in [5.74, 6) is 6.26. The number of aromatic nitrogens is 1. The van der Waals surface area contributed by atoms with Crippen LogP contribution in [0.25, 0.3) is 0 Å². The summed E-state index contributed by atoms with van der Waals surface area (Å²) in [6, 6.07) is 11.4. The van der Waals surface area contributed by atoms with E-state index in [1.165, 1.54) is 4.90 Å². The number of ether oxygens (including phenoxy) is 1. The van der Waals surface area contributed by atoms with Gasteiger partial charge >= 0.3 is 6.18 Å². The van der Waals surface area contributed by atoms with E-state index in [-0.39, 0.29) is 12.1 Å². The maximum absolute atomic E-state index is 12.9. The van der Waals surface area contributed by atoms with Crippen molar-refractivity contribution < 1.29 is 17.9 Å². The summed E-state index contributed by atoms with van der Waals surface area (Å²) in [4.78, 5) is 1.51. The molecule has 1 aromatic carbocycles. The highest BCUT2D eigenvalue weighted by molar-refractivity contribution is 5.43. The van der Waals surface area contributed by atoms with Gasteiger partial charge < -0.3 is 9.30 Å². The molecule has 0 unspecified atom stereocenters. The van der Waals surface area contributed by atoms with Gasteiger partial charge in [0.15, 0.2) is 0 Å². The molecule has 2 aliphatic rings. The lowest BCUT2D eigenvalue weighted by molar-refractivity contribution is -0.176. The van der Waals surface area contributed by atoms with E-state index in [9.17, 15) is 13.2 Å². The fourth-order valence-electron chi connectivity index (χ4n) is 3.78. The van der Waals surface area contributed by atoms with Crippen molar-refractivity contribution in [2.75, 3.05) is 19.7 Å². The summed E-state index contributed by atoms with van der Waals surface area (Å²) in [6.45, 7) is 0.440. The van der Waals surface area contributed by atoms with Gasteiger partial charge in [0.2, 0.25) is 0 Å². The van der Waals surface area contributed by atoms with Crippen LogP contribution in [0.4, 0.5) is 13.2 Å². The van der Waals surface area contributed by atoms with Crippen molar-refractivity contribution in [3.8, 4) is 11.8 Å². The zero-order valence-corrected chi connectivity index (χ0v) is 14.2. The second-order valence-corrected chi connectivity index (χ2v) is 6.70. The Hall–Kier alpha value is -2.23. The molecule has 3 heterocycles. The van der Waals surface area contributed by atoms with E-state index in [0.29, 0.717) is 26.1 Å². The van der Waals surface area contributed by atoms with E-state index in [1.54, 1.807) is 0 Å². The Morgan fingerprint density at radius 3 is 2.62 bits per heavy atom. The van der Waals surface area contributed by atoms with Gasteiger partial charge in [-0.2, -0.15) is 13.2 Å². The van der Waals surface area contributed by atoms with Gasteiger partial charge in [-0.3, -0.25) is 4.90 Å². The summed E-state index contributed by atoms with van der Waals surface area (Å²) < 4.78 is 46.5. The molecule has 6 heteroatoms. The van der Waals surface area contributed by atoms with E-state index in [4.69, 9.17) is 4.74 Å². The quantitative estimate of drug-likeness (QED) is 0.723. The minimum absolute atomic E-state index is 0.234.